The minimum absolute atomic E-state index is 0.0421. The average Bonchev–Trinajstić information content (AvgIpc) is 3.05. The maximum absolute atomic E-state index is 5.83. The van der Waals surface area contributed by atoms with E-state index in [0.717, 1.165) is 30.4 Å². The average molecular weight is 322 g/mol. The summed E-state index contributed by atoms with van der Waals surface area (Å²) in [6.45, 7) is 3.01. The summed E-state index contributed by atoms with van der Waals surface area (Å²) in [4.78, 5) is 0. The molecular weight excluding hydrogens is 306 g/mol. The molecule has 5 heteroatoms. The molecule has 0 bridgehead atoms. The summed E-state index contributed by atoms with van der Waals surface area (Å²) < 4.78 is 7.93. The standard InChI is InChI=1S/C14H16BrN3O/c1-10-7-8-19-13(10)14-17-16-12(9-15)18(14)11-5-3-2-4-6-11/h2-6,10,13H,7-9H2,1H3. The first-order valence-electron chi connectivity index (χ1n) is 6.48. The lowest BCUT2D eigenvalue weighted by Gasteiger charge is -2.16. The van der Waals surface area contributed by atoms with Crippen molar-refractivity contribution in [3.05, 3.63) is 42.0 Å². The lowest BCUT2D eigenvalue weighted by Crippen LogP contribution is -2.12. The Morgan fingerprint density at radius 3 is 2.74 bits per heavy atom. The highest BCUT2D eigenvalue weighted by molar-refractivity contribution is 9.08. The molecule has 1 aliphatic heterocycles. The van der Waals surface area contributed by atoms with Gasteiger partial charge in [-0.25, -0.2) is 0 Å². The maximum atomic E-state index is 5.83. The van der Waals surface area contributed by atoms with E-state index in [1.165, 1.54) is 0 Å². The zero-order valence-electron chi connectivity index (χ0n) is 10.8. The van der Waals surface area contributed by atoms with Gasteiger partial charge in [0.25, 0.3) is 0 Å². The zero-order valence-corrected chi connectivity index (χ0v) is 12.4. The van der Waals surface area contributed by atoms with Crippen LogP contribution in [0.2, 0.25) is 0 Å². The summed E-state index contributed by atoms with van der Waals surface area (Å²) in [5.74, 6) is 2.30. The Hall–Kier alpha value is -1.20. The summed E-state index contributed by atoms with van der Waals surface area (Å²) in [5, 5.41) is 9.31. The van der Waals surface area contributed by atoms with Crippen molar-refractivity contribution in [2.24, 2.45) is 5.92 Å². The van der Waals surface area contributed by atoms with Crippen LogP contribution in [0.15, 0.2) is 30.3 Å². The second kappa shape index (κ2) is 5.43. The highest BCUT2D eigenvalue weighted by Gasteiger charge is 2.31. The van der Waals surface area contributed by atoms with Gasteiger partial charge < -0.3 is 4.74 Å². The summed E-state index contributed by atoms with van der Waals surface area (Å²) in [6.07, 6.45) is 1.12. The van der Waals surface area contributed by atoms with Crippen molar-refractivity contribution in [2.75, 3.05) is 6.61 Å². The van der Waals surface area contributed by atoms with E-state index in [1.807, 2.05) is 18.2 Å². The molecule has 4 nitrogen and oxygen atoms in total. The molecule has 0 aliphatic carbocycles. The predicted molar refractivity (Wildman–Crippen MR) is 76.5 cm³/mol. The minimum atomic E-state index is 0.0421. The fourth-order valence-corrected chi connectivity index (χ4v) is 2.85. The Morgan fingerprint density at radius 1 is 1.32 bits per heavy atom. The number of para-hydroxylation sites is 1. The molecule has 1 aromatic carbocycles. The molecule has 2 aromatic rings. The summed E-state index contributed by atoms with van der Waals surface area (Å²) in [5.41, 5.74) is 1.08. The first kappa shape index (κ1) is 12.8. The fraction of sp³-hybridized carbons (Fsp3) is 0.429. The number of hydrogen-bond donors (Lipinski definition) is 0. The van der Waals surface area contributed by atoms with Gasteiger partial charge in [-0.1, -0.05) is 41.1 Å². The van der Waals surface area contributed by atoms with E-state index in [0.29, 0.717) is 11.2 Å². The highest BCUT2D eigenvalue weighted by atomic mass is 79.9. The van der Waals surface area contributed by atoms with Gasteiger partial charge in [0.15, 0.2) is 5.82 Å². The van der Waals surface area contributed by atoms with Crippen LogP contribution in [0.25, 0.3) is 5.69 Å². The van der Waals surface area contributed by atoms with Crippen LogP contribution in [0.4, 0.5) is 0 Å². The molecule has 1 aromatic heterocycles. The molecule has 100 valence electrons. The Kier molecular flexibility index (Phi) is 3.66. The monoisotopic (exact) mass is 321 g/mol. The third-order valence-corrected chi connectivity index (χ3v) is 4.03. The van der Waals surface area contributed by atoms with Crippen molar-refractivity contribution in [1.29, 1.82) is 0 Å². The fourth-order valence-electron chi connectivity index (χ4n) is 2.49. The van der Waals surface area contributed by atoms with E-state index in [9.17, 15) is 0 Å². The van der Waals surface area contributed by atoms with E-state index in [1.54, 1.807) is 0 Å². The Labute approximate surface area is 120 Å². The number of halogens is 1. The van der Waals surface area contributed by atoms with Crippen molar-refractivity contribution in [2.45, 2.75) is 24.8 Å². The lowest BCUT2D eigenvalue weighted by molar-refractivity contribution is 0.0857. The SMILES string of the molecule is CC1CCOC1c1nnc(CBr)n1-c1ccccc1. The van der Waals surface area contributed by atoms with Crippen molar-refractivity contribution >= 4 is 15.9 Å². The maximum Gasteiger partial charge on any atom is 0.167 e. The largest absolute Gasteiger partial charge is 0.370 e. The Balaban J connectivity index is 2.08. The molecule has 2 unspecified atom stereocenters. The normalized spacial score (nSPS) is 22.8. The molecule has 1 fully saturated rings. The zero-order chi connectivity index (χ0) is 13.2. The van der Waals surface area contributed by atoms with Gasteiger partial charge >= 0.3 is 0 Å². The van der Waals surface area contributed by atoms with E-state index in [4.69, 9.17) is 4.74 Å². The number of hydrogen-bond acceptors (Lipinski definition) is 3. The molecule has 0 amide bonds. The summed E-state index contributed by atoms with van der Waals surface area (Å²) >= 11 is 3.48. The molecule has 0 N–H and O–H groups in total. The van der Waals surface area contributed by atoms with Crippen LogP contribution in [0.5, 0.6) is 0 Å². The van der Waals surface area contributed by atoms with Gasteiger partial charge in [0.1, 0.15) is 11.9 Å². The minimum Gasteiger partial charge on any atom is -0.370 e. The second-order valence-corrected chi connectivity index (χ2v) is 5.40. The third-order valence-electron chi connectivity index (χ3n) is 3.53. The van der Waals surface area contributed by atoms with Gasteiger partial charge in [0.05, 0.1) is 5.33 Å². The molecule has 2 atom stereocenters. The van der Waals surface area contributed by atoms with Gasteiger partial charge in [0, 0.05) is 12.3 Å². The first-order chi connectivity index (χ1) is 9.31. The smallest absolute Gasteiger partial charge is 0.167 e. The van der Waals surface area contributed by atoms with Gasteiger partial charge in [0.2, 0.25) is 0 Å². The van der Waals surface area contributed by atoms with Crippen molar-refractivity contribution in [3.63, 3.8) is 0 Å². The van der Waals surface area contributed by atoms with Gasteiger partial charge in [-0.15, -0.1) is 10.2 Å². The van der Waals surface area contributed by atoms with Crippen LogP contribution in [0, 0.1) is 5.92 Å². The van der Waals surface area contributed by atoms with Crippen LogP contribution in [-0.2, 0) is 10.1 Å². The van der Waals surface area contributed by atoms with Crippen molar-refractivity contribution in [3.8, 4) is 5.69 Å². The van der Waals surface area contributed by atoms with Crippen molar-refractivity contribution < 1.29 is 4.74 Å². The molecule has 0 saturated carbocycles. The number of nitrogens with zero attached hydrogens (tertiary/aromatic N) is 3. The highest BCUT2D eigenvalue weighted by Crippen LogP contribution is 2.34. The van der Waals surface area contributed by atoms with Crippen LogP contribution in [0.3, 0.4) is 0 Å². The van der Waals surface area contributed by atoms with E-state index < -0.39 is 0 Å². The molecule has 0 radical (unpaired) electrons. The molecular formula is C14H16BrN3O. The van der Waals surface area contributed by atoms with Crippen LogP contribution in [0.1, 0.15) is 31.1 Å². The van der Waals surface area contributed by atoms with E-state index in [2.05, 4.69) is 49.8 Å². The van der Waals surface area contributed by atoms with E-state index >= 15 is 0 Å². The summed E-state index contributed by atoms with van der Waals surface area (Å²) in [7, 11) is 0. The topological polar surface area (TPSA) is 39.9 Å². The quantitative estimate of drug-likeness (QED) is 0.815. The molecule has 19 heavy (non-hydrogen) atoms. The molecule has 3 rings (SSSR count). The number of benzene rings is 1. The number of alkyl halides is 1. The number of rotatable bonds is 3. The molecule has 2 heterocycles. The first-order valence-corrected chi connectivity index (χ1v) is 7.60. The van der Waals surface area contributed by atoms with Gasteiger partial charge in [-0.05, 0) is 24.5 Å². The van der Waals surface area contributed by atoms with Crippen molar-refractivity contribution in [1.82, 2.24) is 14.8 Å². The summed E-state index contributed by atoms with van der Waals surface area (Å²) in [6, 6.07) is 10.2. The van der Waals surface area contributed by atoms with Gasteiger partial charge in [-0.2, -0.15) is 0 Å². The molecule has 1 aliphatic rings. The number of aromatic nitrogens is 3. The van der Waals surface area contributed by atoms with Crippen LogP contribution < -0.4 is 0 Å². The Morgan fingerprint density at radius 2 is 2.11 bits per heavy atom. The second-order valence-electron chi connectivity index (χ2n) is 4.84. The molecule has 0 spiro atoms. The third kappa shape index (κ3) is 2.32. The lowest BCUT2D eigenvalue weighted by atomic mass is 10.0. The van der Waals surface area contributed by atoms with Gasteiger partial charge in [-0.3, -0.25) is 4.57 Å². The predicted octanol–water partition coefficient (Wildman–Crippen LogP) is 3.26. The molecule has 1 saturated heterocycles. The Bertz CT molecular complexity index is 555. The van der Waals surface area contributed by atoms with Crippen LogP contribution in [-0.4, -0.2) is 21.4 Å². The number of ether oxygens (including phenoxy) is 1. The van der Waals surface area contributed by atoms with E-state index in [-0.39, 0.29) is 6.10 Å². The van der Waals surface area contributed by atoms with Crippen LogP contribution >= 0.6 is 15.9 Å².